The van der Waals surface area contributed by atoms with Crippen molar-refractivity contribution in [1.82, 2.24) is 15.0 Å². The number of aromatic nitrogens is 3. The van der Waals surface area contributed by atoms with E-state index in [-0.39, 0.29) is 23.0 Å². The largest absolute Gasteiger partial charge is 0.438 e. The summed E-state index contributed by atoms with van der Waals surface area (Å²) in [6.07, 6.45) is 1.49. The van der Waals surface area contributed by atoms with Gasteiger partial charge in [0.2, 0.25) is 5.88 Å². The fourth-order valence-corrected chi connectivity index (χ4v) is 2.57. The average molecular weight is 364 g/mol. The molecular weight excluding hydrogens is 351 g/mol. The molecule has 2 heterocycles. The van der Waals surface area contributed by atoms with E-state index in [1.807, 2.05) is 0 Å². The quantitative estimate of drug-likeness (QED) is 0.516. The lowest BCUT2D eigenvalue weighted by atomic mass is 10.2. The molecule has 0 unspecified atom stereocenters. The number of carbonyl (C=O) groups excluding carboxylic acids is 1. The second-order valence-electron chi connectivity index (χ2n) is 5.71. The number of fused-ring (bicyclic) bond motifs is 1. The lowest BCUT2D eigenvalue weighted by Gasteiger charge is -2.10. The first kappa shape index (κ1) is 16.5. The van der Waals surface area contributed by atoms with E-state index in [0.717, 1.165) is 0 Å². The molecule has 0 aliphatic rings. The lowest BCUT2D eigenvalue weighted by molar-refractivity contribution is 0.102. The number of carbonyl (C=O) groups is 1. The van der Waals surface area contributed by atoms with Crippen LogP contribution in [-0.2, 0) is 0 Å². The second-order valence-corrected chi connectivity index (χ2v) is 5.71. The average Bonchev–Trinajstić information content (AvgIpc) is 3.03. The van der Waals surface area contributed by atoms with Crippen molar-refractivity contribution in [3.05, 3.63) is 82.7 Å². The third-order valence-electron chi connectivity index (χ3n) is 3.82. The number of nitrogens with one attached hydrogen (secondary N) is 3. The van der Waals surface area contributed by atoms with Gasteiger partial charge in [-0.25, -0.2) is 14.2 Å². The molecule has 0 saturated heterocycles. The molecule has 2 aromatic heterocycles. The number of amides is 1. The Bertz CT molecular complexity index is 1180. The Morgan fingerprint density at radius 1 is 1.04 bits per heavy atom. The minimum atomic E-state index is -0.433. The van der Waals surface area contributed by atoms with Gasteiger partial charge >= 0.3 is 5.69 Å². The minimum Gasteiger partial charge on any atom is -0.438 e. The van der Waals surface area contributed by atoms with Crippen LogP contribution < -0.4 is 15.7 Å². The normalized spacial score (nSPS) is 10.7. The first-order valence-electron chi connectivity index (χ1n) is 8.00. The molecule has 0 atom stereocenters. The van der Waals surface area contributed by atoms with Crippen molar-refractivity contribution in [3.63, 3.8) is 0 Å². The highest BCUT2D eigenvalue weighted by atomic mass is 19.1. The molecule has 0 spiro atoms. The van der Waals surface area contributed by atoms with Crippen molar-refractivity contribution in [2.75, 3.05) is 5.32 Å². The van der Waals surface area contributed by atoms with Crippen molar-refractivity contribution in [2.24, 2.45) is 0 Å². The van der Waals surface area contributed by atoms with Crippen LogP contribution in [0, 0.1) is 5.82 Å². The Morgan fingerprint density at radius 3 is 2.63 bits per heavy atom. The zero-order chi connectivity index (χ0) is 18.8. The highest BCUT2D eigenvalue weighted by Gasteiger charge is 2.15. The van der Waals surface area contributed by atoms with Gasteiger partial charge in [0.15, 0.2) is 0 Å². The molecule has 0 bridgehead atoms. The highest BCUT2D eigenvalue weighted by molar-refractivity contribution is 6.06. The van der Waals surface area contributed by atoms with Crippen LogP contribution in [0.3, 0.4) is 0 Å². The van der Waals surface area contributed by atoms with E-state index < -0.39 is 5.91 Å². The van der Waals surface area contributed by atoms with E-state index in [1.54, 1.807) is 30.3 Å². The van der Waals surface area contributed by atoms with Crippen LogP contribution >= 0.6 is 0 Å². The van der Waals surface area contributed by atoms with E-state index in [1.165, 1.54) is 30.5 Å². The summed E-state index contributed by atoms with van der Waals surface area (Å²) < 4.78 is 18.6. The number of ether oxygens (including phenoxy) is 1. The molecule has 8 heteroatoms. The van der Waals surface area contributed by atoms with Crippen molar-refractivity contribution in [3.8, 4) is 11.6 Å². The molecule has 0 saturated carbocycles. The fraction of sp³-hybridized carbons (Fsp3) is 0. The predicted molar refractivity (Wildman–Crippen MR) is 97.6 cm³/mol. The zero-order valence-electron chi connectivity index (χ0n) is 13.8. The molecule has 0 radical (unpaired) electrons. The molecule has 0 aliphatic carbocycles. The number of anilines is 1. The third-order valence-corrected chi connectivity index (χ3v) is 3.82. The Labute approximate surface area is 151 Å². The molecule has 4 aromatic rings. The predicted octanol–water partition coefficient (Wildman–Crippen LogP) is 3.43. The standard InChI is InChI=1S/C19H13FN4O3/c20-11-3-6-13(7-4-11)27-18-14(2-1-9-21-18)17(25)22-12-5-8-15-16(10-12)24-19(26)23-15/h1-10H,(H,22,25)(H2,23,24,26). The van der Waals surface area contributed by atoms with Crippen LogP contribution in [0.2, 0.25) is 0 Å². The summed E-state index contributed by atoms with van der Waals surface area (Å²) in [6.45, 7) is 0. The Morgan fingerprint density at radius 2 is 1.81 bits per heavy atom. The Balaban J connectivity index is 1.59. The molecule has 0 aliphatic heterocycles. The smallest absolute Gasteiger partial charge is 0.323 e. The van der Waals surface area contributed by atoms with Gasteiger partial charge in [-0.1, -0.05) is 0 Å². The van der Waals surface area contributed by atoms with Crippen LogP contribution in [0.25, 0.3) is 11.0 Å². The number of nitrogens with zero attached hydrogens (tertiary/aromatic N) is 1. The zero-order valence-corrected chi connectivity index (χ0v) is 13.8. The number of rotatable bonds is 4. The molecule has 3 N–H and O–H groups in total. The maximum Gasteiger partial charge on any atom is 0.323 e. The van der Waals surface area contributed by atoms with Crippen LogP contribution in [-0.4, -0.2) is 20.9 Å². The summed E-state index contributed by atoms with van der Waals surface area (Å²) in [5, 5.41) is 2.74. The number of aromatic amines is 2. The van der Waals surface area contributed by atoms with Gasteiger partial charge in [0.1, 0.15) is 17.1 Å². The summed E-state index contributed by atoms with van der Waals surface area (Å²) in [5.41, 5.74) is 1.60. The summed E-state index contributed by atoms with van der Waals surface area (Å²) in [7, 11) is 0. The number of pyridine rings is 1. The van der Waals surface area contributed by atoms with E-state index in [9.17, 15) is 14.0 Å². The van der Waals surface area contributed by atoms with E-state index in [2.05, 4.69) is 20.3 Å². The number of H-pyrrole nitrogens is 2. The minimum absolute atomic E-state index is 0.0951. The van der Waals surface area contributed by atoms with Gasteiger partial charge in [0.25, 0.3) is 5.91 Å². The summed E-state index contributed by atoms with van der Waals surface area (Å²) in [5.74, 6) is -0.370. The molecular formula is C19H13FN4O3. The van der Waals surface area contributed by atoms with Gasteiger partial charge in [0.05, 0.1) is 11.0 Å². The molecule has 7 nitrogen and oxygen atoms in total. The van der Waals surface area contributed by atoms with E-state index in [0.29, 0.717) is 22.5 Å². The van der Waals surface area contributed by atoms with Crippen molar-refractivity contribution < 1.29 is 13.9 Å². The fourth-order valence-electron chi connectivity index (χ4n) is 2.57. The third kappa shape index (κ3) is 3.54. The van der Waals surface area contributed by atoms with Crippen molar-refractivity contribution in [2.45, 2.75) is 0 Å². The first-order chi connectivity index (χ1) is 13.1. The van der Waals surface area contributed by atoms with E-state index in [4.69, 9.17) is 4.74 Å². The van der Waals surface area contributed by atoms with Crippen molar-refractivity contribution in [1.29, 1.82) is 0 Å². The number of imidazole rings is 1. The summed E-state index contributed by atoms with van der Waals surface area (Å²) in [4.78, 5) is 33.3. The Hall–Kier alpha value is -3.94. The van der Waals surface area contributed by atoms with Crippen molar-refractivity contribution >= 4 is 22.6 Å². The first-order valence-corrected chi connectivity index (χ1v) is 8.00. The van der Waals surface area contributed by atoms with Gasteiger partial charge in [0, 0.05) is 11.9 Å². The number of benzene rings is 2. The monoisotopic (exact) mass is 364 g/mol. The highest BCUT2D eigenvalue weighted by Crippen LogP contribution is 2.24. The molecule has 2 aromatic carbocycles. The van der Waals surface area contributed by atoms with Gasteiger partial charge in [-0.3, -0.25) is 4.79 Å². The van der Waals surface area contributed by atoms with Gasteiger partial charge in [-0.15, -0.1) is 0 Å². The lowest BCUT2D eigenvalue weighted by Crippen LogP contribution is -2.13. The van der Waals surface area contributed by atoms with E-state index >= 15 is 0 Å². The maximum atomic E-state index is 13.0. The van der Waals surface area contributed by atoms with Crippen LogP contribution in [0.5, 0.6) is 11.6 Å². The van der Waals surface area contributed by atoms with Crippen LogP contribution in [0.4, 0.5) is 10.1 Å². The number of hydrogen-bond acceptors (Lipinski definition) is 4. The molecule has 1 amide bonds. The van der Waals surface area contributed by atoms with Gasteiger partial charge in [-0.2, -0.15) is 0 Å². The summed E-state index contributed by atoms with van der Waals surface area (Å²) >= 11 is 0. The van der Waals surface area contributed by atoms with Crippen LogP contribution in [0.15, 0.2) is 65.6 Å². The van der Waals surface area contributed by atoms with Crippen LogP contribution in [0.1, 0.15) is 10.4 Å². The number of halogens is 1. The molecule has 134 valence electrons. The Kier molecular flexibility index (Phi) is 4.13. The summed E-state index contributed by atoms with van der Waals surface area (Å²) in [6, 6.07) is 13.6. The van der Waals surface area contributed by atoms with Gasteiger partial charge < -0.3 is 20.0 Å². The SMILES string of the molecule is O=C(Nc1ccc2[nH]c(=O)[nH]c2c1)c1cccnc1Oc1ccc(F)cc1. The molecule has 27 heavy (non-hydrogen) atoms. The maximum absolute atomic E-state index is 13.0. The van der Waals surface area contributed by atoms with Gasteiger partial charge in [-0.05, 0) is 54.6 Å². The number of hydrogen-bond donors (Lipinski definition) is 3. The molecule has 4 rings (SSSR count). The topological polar surface area (TPSA) is 99.9 Å². The molecule has 0 fully saturated rings. The second kappa shape index (κ2) is 6.75.